The zero-order valence-corrected chi connectivity index (χ0v) is 53.6. The van der Waals surface area contributed by atoms with E-state index in [2.05, 4.69) is 43.5 Å². The molecule has 0 fully saturated rings. The molecular weight excluding hydrogens is 971 g/mol. The number of amides is 1. The van der Waals surface area contributed by atoms with Gasteiger partial charge in [0.05, 0.1) is 25.4 Å². The van der Waals surface area contributed by atoms with Crippen LogP contribution >= 0.6 is 0 Å². The van der Waals surface area contributed by atoms with E-state index < -0.39 is 12.1 Å². The number of hydrogen-bond donors (Lipinski definition) is 3. The van der Waals surface area contributed by atoms with Gasteiger partial charge in [0.1, 0.15) is 0 Å². The fourth-order valence-electron chi connectivity index (χ4n) is 11.5. The third-order valence-electron chi connectivity index (χ3n) is 17.0. The highest BCUT2D eigenvalue weighted by Crippen LogP contribution is 2.19. The molecule has 0 heterocycles. The van der Waals surface area contributed by atoms with Crippen LogP contribution in [-0.2, 0) is 14.3 Å². The first-order valence-corrected chi connectivity index (χ1v) is 36.1. The molecule has 0 saturated carbocycles. The van der Waals surface area contributed by atoms with Gasteiger partial charge in [-0.2, -0.15) is 0 Å². The number of rotatable bonds is 68. The molecule has 0 aromatic carbocycles. The normalized spacial score (nSPS) is 12.6. The fraction of sp³-hybridized carbons (Fsp3) is 0.918. The molecule has 0 saturated heterocycles. The Labute approximate surface area is 494 Å². The van der Waals surface area contributed by atoms with Gasteiger partial charge in [0.25, 0.3) is 0 Å². The second-order valence-electron chi connectivity index (χ2n) is 24.9. The quantitative estimate of drug-likeness (QED) is 0.0320. The maximum atomic E-state index is 12.5. The van der Waals surface area contributed by atoms with Crippen LogP contribution in [0.5, 0.6) is 0 Å². The van der Waals surface area contributed by atoms with E-state index in [1.165, 1.54) is 321 Å². The van der Waals surface area contributed by atoms with Crippen molar-refractivity contribution in [2.75, 3.05) is 13.2 Å². The average molecular weight is 1110 g/mol. The maximum absolute atomic E-state index is 12.5. The summed E-state index contributed by atoms with van der Waals surface area (Å²) in [6.07, 6.45) is 86.7. The highest BCUT2D eigenvalue weighted by molar-refractivity contribution is 5.76. The standard InChI is InChI=1S/C73H141NO5/c1-3-5-7-9-11-13-15-17-19-39-43-47-51-55-59-63-67-73(78)79-68-64-60-56-52-48-44-40-37-35-33-31-29-27-25-23-21-20-22-24-26-28-30-32-34-36-38-42-46-50-54-58-62-66-72(77)74-70(69-75)71(76)65-61-57-53-49-45-41-18-16-14-12-10-8-6-4-2/h13,15,19,39,70-71,75-76H,3-12,14,16-18,20-38,40-69H2,1-2H3,(H,74,77)/b15-13-,39-19-. The lowest BCUT2D eigenvalue weighted by Crippen LogP contribution is -2.45. The first-order chi connectivity index (χ1) is 39.0. The largest absolute Gasteiger partial charge is 0.466 e. The highest BCUT2D eigenvalue weighted by atomic mass is 16.5. The van der Waals surface area contributed by atoms with Crippen LogP contribution in [0.15, 0.2) is 24.3 Å². The zero-order valence-electron chi connectivity index (χ0n) is 53.6. The van der Waals surface area contributed by atoms with Crippen LogP contribution < -0.4 is 5.32 Å². The van der Waals surface area contributed by atoms with Crippen LogP contribution in [0.1, 0.15) is 406 Å². The van der Waals surface area contributed by atoms with Crippen LogP contribution in [0, 0.1) is 0 Å². The number of aliphatic hydroxyl groups excluding tert-OH is 2. The van der Waals surface area contributed by atoms with Gasteiger partial charge in [0, 0.05) is 12.8 Å². The molecule has 6 heteroatoms. The summed E-state index contributed by atoms with van der Waals surface area (Å²) in [5.41, 5.74) is 0. The second-order valence-corrected chi connectivity index (χ2v) is 24.9. The molecule has 0 rings (SSSR count). The number of aliphatic hydroxyl groups is 2. The van der Waals surface area contributed by atoms with Gasteiger partial charge in [0.2, 0.25) is 5.91 Å². The Morgan fingerprint density at radius 1 is 0.354 bits per heavy atom. The highest BCUT2D eigenvalue weighted by Gasteiger charge is 2.20. The SMILES string of the molecule is CCCCCC/C=C\C/C=C\CCCCCCCC(=O)OCCCCCCCCCCCCCCCCCCCCCCCCCCCCCCCCCCC(=O)NC(CO)C(O)CCCCCCCCCCCCCCCC. The van der Waals surface area contributed by atoms with Crippen LogP contribution in [0.4, 0.5) is 0 Å². The van der Waals surface area contributed by atoms with Crippen molar-refractivity contribution in [2.45, 2.75) is 418 Å². The first-order valence-electron chi connectivity index (χ1n) is 36.1. The summed E-state index contributed by atoms with van der Waals surface area (Å²) in [6.45, 7) is 4.96. The lowest BCUT2D eigenvalue weighted by Gasteiger charge is -2.22. The molecule has 79 heavy (non-hydrogen) atoms. The smallest absolute Gasteiger partial charge is 0.305 e. The van der Waals surface area contributed by atoms with Crippen LogP contribution in [0.3, 0.4) is 0 Å². The average Bonchev–Trinajstić information content (AvgIpc) is 3.45. The number of allylic oxidation sites excluding steroid dienone is 4. The van der Waals surface area contributed by atoms with E-state index in [1.54, 1.807) is 0 Å². The van der Waals surface area contributed by atoms with Crippen LogP contribution in [-0.4, -0.2) is 47.4 Å². The van der Waals surface area contributed by atoms with Gasteiger partial charge in [-0.1, -0.05) is 359 Å². The van der Waals surface area contributed by atoms with Crippen LogP contribution in [0.2, 0.25) is 0 Å². The minimum absolute atomic E-state index is 0.00832. The maximum Gasteiger partial charge on any atom is 0.305 e. The Hall–Kier alpha value is -1.66. The Balaban J connectivity index is 3.31. The van der Waals surface area contributed by atoms with Crippen molar-refractivity contribution < 1.29 is 24.5 Å². The molecule has 468 valence electrons. The predicted octanol–water partition coefficient (Wildman–Crippen LogP) is 23.3. The Kier molecular flexibility index (Phi) is 67.4. The molecule has 0 aliphatic heterocycles. The minimum Gasteiger partial charge on any atom is -0.466 e. The van der Waals surface area contributed by atoms with Crippen molar-refractivity contribution in [3.8, 4) is 0 Å². The van der Waals surface area contributed by atoms with Gasteiger partial charge >= 0.3 is 5.97 Å². The molecule has 6 nitrogen and oxygen atoms in total. The molecule has 3 N–H and O–H groups in total. The number of unbranched alkanes of at least 4 members (excludes halogenated alkanes) is 53. The molecule has 0 aliphatic carbocycles. The van der Waals surface area contributed by atoms with Crippen molar-refractivity contribution in [1.29, 1.82) is 0 Å². The number of ether oxygens (including phenoxy) is 1. The lowest BCUT2D eigenvalue weighted by atomic mass is 10.0. The summed E-state index contributed by atoms with van der Waals surface area (Å²) in [6, 6.07) is -0.537. The van der Waals surface area contributed by atoms with E-state index in [0.717, 1.165) is 51.4 Å². The molecular formula is C73H141NO5. The monoisotopic (exact) mass is 1110 g/mol. The Morgan fingerprint density at radius 3 is 0.975 bits per heavy atom. The van der Waals surface area contributed by atoms with E-state index in [9.17, 15) is 19.8 Å². The van der Waals surface area contributed by atoms with Gasteiger partial charge in [-0.3, -0.25) is 9.59 Å². The zero-order chi connectivity index (χ0) is 57.1. The molecule has 0 bridgehead atoms. The van der Waals surface area contributed by atoms with Crippen molar-refractivity contribution in [3.05, 3.63) is 24.3 Å². The number of esters is 1. The molecule has 0 aliphatic rings. The van der Waals surface area contributed by atoms with Gasteiger partial charge in [0.15, 0.2) is 0 Å². The van der Waals surface area contributed by atoms with Crippen LogP contribution in [0.25, 0.3) is 0 Å². The topological polar surface area (TPSA) is 95.9 Å². The molecule has 0 aromatic rings. The van der Waals surface area contributed by atoms with E-state index >= 15 is 0 Å². The summed E-state index contributed by atoms with van der Waals surface area (Å²) in [5.74, 6) is -0.0195. The fourth-order valence-corrected chi connectivity index (χ4v) is 11.5. The summed E-state index contributed by atoms with van der Waals surface area (Å²) in [4.78, 5) is 24.6. The Morgan fingerprint density at radius 2 is 0.633 bits per heavy atom. The van der Waals surface area contributed by atoms with Gasteiger partial charge in [-0.05, 0) is 57.8 Å². The molecule has 0 radical (unpaired) electrons. The first kappa shape index (κ1) is 77.3. The molecule has 0 spiro atoms. The molecule has 2 unspecified atom stereocenters. The Bertz CT molecular complexity index is 1230. The third kappa shape index (κ3) is 65.4. The minimum atomic E-state index is -0.660. The van der Waals surface area contributed by atoms with E-state index in [-0.39, 0.29) is 18.5 Å². The van der Waals surface area contributed by atoms with Crippen molar-refractivity contribution in [3.63, 3.8) is 0 Å². The van der Waals surface area contributed by atoms with Crippen molar-refractivity contribution in [2.24, 2.45) is 0 Å². The number of hydrogen-bond acceptors (Lipinski definition) is 5. The number of nitrogens with one attached hydrogen (secondary N) is 1. The molecule has 0 aromatic heterocycles. The summed E-state index contributed by atoms with van der Waals surface area (Å²) < 4.78 is 5.49. The second kappa shape index (κ2) is 68.8. The van der Waals surface area contributed by atoms with Gasteiger partial charge < -0.3 is 20.3 Å². The molecule has 1 amide bonds. The van der Waals surface area contributed by atoms with E-state index in [4.69, 9.17) is 4.74 Å². The van der Waals surface area contributed by atoms with Crippen molar-refractivity contribution in [1.82, 2.24) is 5.32 Å². The summed E-state index contributed by atoms with van der Waals surface area (Å²) in [7, 11) is 0. The van der Waals surface area contributed by atoms with Gasteiger partial charge in [-0.15, -0.1) is 0 Å². The third-order valence-corrected chi connectivity index (χ3v) is 17.0. The predicted molar refractivity (Wildman–Crippen MR) is 347 cm³/mol. The summed E-state index contributed by atoms with van der Waals surface area (Å²) in [5, 5.41) is 23.3. The van der Waals surface area contributed by atoms with E-state index in [0.29, 0.717) is 25.9 Å². The van der Waals surface area contributed by atoms with Gasteiger partial charge in [-0.25, -0.2) is 0 Å². The lowest BCUT2D eigenvalue weighted by molar-refractivity contribution is -0.143. The summed E-state index contributed by atoms with van der Waals surface area (Å²) >= 11 is 0. The number of carbonyl (C=O) groups excluding carboxylic acids is 2. The van der Waals surface area contributed by atoms with Crippen molar-refractivity contribution >= 4 is 11.9 Å². The number of carbonyl (C=O) groups is 2. The molecule has 2 atom stereocenters. The van der Waals surface area contributed by atoms with E-state index in [1.807, 2.05) is 0 Å².